The van der Waals surface area contributed by atoms with Crippen LogP contribution in [0.2, 0.25) is 0 Å². The highest BCUT2D eigenvalue weighted by molar-refractivity contribution is 6.00. The van der Waals surface area contributed by atoms with Crippen LogP contribution >= 0.6 is 0 Å². The lowest BCUT2D eigenvalue weighted by molar-refractivity contribution is -0.171. The van der Waals surface area contributed by atoms with Gasteiger partial charge in [-0.25, -0.2) is 9.59 Å². The van der Waals surface area contributed by atoms with Crippen LogP contribution in [0.25, 0.3) is 0 Å². The van der Waals surface area contributed by atoms with Crippen molar-refractivity contribution in [2.24, 2.45) is 0 Å². The topological polar surface area (TPSA) is 173 Å². The molecule has 10 heteroatoms. The summed E-state index contributed by atoms with van der Waals surface area (Å²) >= 11 is 0. The molecule has 18 heavy (non-hydrogen) atoms. The molecule has 0 saturated carbocycles. The zero-order chi connectivity index (χ0) is 14.5. The van der Waals surface area contributed by atoms with Crippen molar-refractivity contribution in [1.29, 1.82) is 0 Å². The predicted octanol–water partition coefficient (Wildman–Crippen LogP) is -2.60. The fraction of sp³-hybridized carbons (Fsp3) is 0.500. The van der Waals surface area contributed by atoms with Gasteiger partial charge < -0.3 is 20.4 Å². The Balaban J connectivity index is 0.000000327. The lowest BCUT2D eigenvalue weighted by Gasteiger charge is -2.07. The van der Waals surface area contributed by atoms with Gasteiger partial charge in [-0.05, 0) is 0 Å². The standard InChI is InChI=1S/C4H5NO3.C4H6O6/c6-3-1-2-4(7)5(3)8;5-1(3(7)8)2(6)4(9)10/h8H,1-2H2;1-2,5-6H,(H,7,8)(H,9,10). The molecule has 0 aromatic carbocycles. The number of amides is 2. The van der Waals surface area contributed by atoms with E-state index in [-0.39, 0.29) is 17.9 Å². The summed E-state index contributed by atoms with van der Waals surface area (Å²) in [6.45, 7) is 0. The Morgan fingerprint density at radius 2 is 1.22 bits per heavy atom. The minimum atomic E-state index is -2.27. The smallest absolute Gasteiger partial charge is 0.335 e. The van der Waals surface area contributed by atoms with Crippen LogP contribution in [0.3, 0.4) is 0 Å². The highest BCUT2D eigenvalue weighted by atomic mass is 16.5. The van der Waals surface area contributed by atoms with E-state index in [0.717, 1.165) is 0 Å². The number of imide groups is 1. The van der Waals surface area contributed by atoms with Gasteiger partial charge in [-0.1, -0.05) is 0 Å². The highest BCUT2D eigenvalue weighted by Crippen LogP contribution is 2.07. The number of rotatable bonds is 3. The van der Waals surface area contributed by atoms with Crippen LogP contribution < -0.4 is 0 Å². The van der Waals surface area contributed by atoms with Gasteiger partial charge in [0.15, 0.2) is 12.2 Å². The minimum Gasteiger partial charge on any atom is -0.479 e. The average Bonchev–Trinajstić information content (AvgIpc) is 2.59. The van der Waals surface area contributed by atoms with Crippen molar-refractivity contribution < 1.29 is 44.8 Å². The molecule has 1 fully saturated rings. The second-order valence-corrected chi connectivity index (χ2v) is 3.17. The van der Waals surface area contributed by atoms with Crippen molar-refractivity contribution >= 4 is 23.8 Å². The Kier molecular flexibility index (Phi) is 5.88. The molecule has 0 spiro atoms. The second kappa shape index (κ2) is 6.64. The quantitative estimate of drug-likeness (QED) is 0.271. The van der Waals surface area contributed by atoms with Gasteiger partial charge in [0.1, 0.15) is 0 Å². The van der Waals surface area contributed by atoms with E-state index in [4.69, 9.17) is 25.6 Å². The van der Waals surface area contributed by atoms with Gasteiger partial charge in [0.25, 0.3) is 11.8 Å². The molecule has 2 atom stereocenters. The van der Waals surface area contributed by atoms with Crippen LogP contribution in [0.1, 0.15) is 12.8 Å². The van der Waals surface area contributed by atoms with Gasteiger partial charge in [0, 0.05) is 12.8 Å². The zero-order valence-corrected chi connectivity index (χ0v) is 8.89. The SMILES string of the molecule is O=C(O)C(O)C(O)C(=O)O.O=C1CCC(=O)N1O. The summed E-state index contributed by atoms with van der Waals surface area (Å²) in [6.07, 6.45) is -4.24. The van der Waals surface area contributed by atoms with Gasteiger partial charge in [-0.3, -0.25) is 14.8 Å². The molecule has 1 heterocycles. The number of aliphatic hydroxyl groups is 2. The van der Waals surface area contributed by atoms with Crippen molar-refractivity contribution in [1.82, 2.24) is 5.06 Å². The third-order valence-electron chi connectivity index (χ3n) is 1.83. The lowest BCUT2D eigenvalue weighted by Crippen LogP contribution is -2.39. The number of hydrogen-bond donors (Lipinski definition) is 5. The summed E-state index contributed by atoms with van der Waals surface area (Å²) in [5.41, 5.74) is 0. The van der Waals surface area contributed by atoms with Crippen molar-refractivity contribution in [2.45, 2.75) is 25.0 Å². The van der Waals surface area contributed by atoms with Gasteiger partial charge in [-0.2, -0.15) is 5.06 Å². The van der Waals surface area contributed by atoms with Gasteiger partial charge in [0.05, 0.1) is 0 Å². The summed E-state index contributed by atoms with van der Waals surface area (Å²) < 4.78 is 0. The van der Waals surface area contributed by atoms with Gasteiger partial charge in [-0.15, -0.1) is 0 Å². The van der Waals surface area contributed by atoms with E-state index in [0.29, 0.717) is 0 Å². The maximum Gasteiger partial charge on any atom is 0.335 e. The first-order valence-electron chi connectivity index (χ1n) is 4.55. The predicted molar refractivity (Wildman–Crippen MR) is 50.2 cm³/mol. The van der Waals surface area contributed by atoms with E-state index in [2.05, 4.69) is 0 Å². The molecule has 2 amide bonds. The summed E-state index contributed by atoms with van der Waals surface area (Å²) in [6, 6.07) is 0. The molecule has 1 rings (SSSR count). The molecule has 1 aliphatic heterocycles. The molecule has 0 bridgehead atoms. The Morgan fingerprint density at radius 1 is 0.944 bits per heavy atom. The summed E-state index contributed by atoms with van der Waals surface area (Å²) in [5.74, 6) is -4.55. The van der Waals surface area contributed by atoms with Gasteiger partial charge in [0.2, 0.25) is 0 Å². The molecule has 10 nitrogen and oxygen atoms in total. The number of aliphatic hydroxyl groups excluding tert-OH is 2. The van der Waals surface area contributed by atoms with E-state index in [1.54, 1.807) is 0 Å². The number of carbonyl (C=O) groups excluding carboxylic acids is 2. The van der Waals surface area contributed by atoms with Crippen molar-refractivity contribution in [3.63, 3.8) is 0 Å². The number of aliphatic carboxylic acids is 2. The minimum absolute atomic E-state index is 0.148. The third-order valence-corrected chi connectivity index (χ3v) is 1.83. The Morgan fingerprint density at radius 3 is 1.33 bits per heavy atom. The molecule has 0 aliphatic carbocycles. The first kappa shape index (κ1) is 16.0. The summed E-state index contributed by atoms with van der Waals surface area (Å²) in [4.78, 5) is 40.0. The van der Waals surface area contributed by atoms with Crippen LogP contribution in [0.5, 0.6) is 0 Å². The Hall–Kier alpha value is -2.04. The molecular formula is C8H11NO9. The monoisotopic (exact) mass is 265 g/mol. The molecule has 5 N–H and O–H groups in total. The number of carbonyl (C=O) groups is 4. The van der Waals surface area contributed by atoms with E-state index >= 15 is 0 Å². The fourth-order valence-corrected chi connectivity index (χ4v) is 0.835. The number of carboxylic acid groups (broad SMARTS) is 2. The molecule has 102 valence electrons. The van der Waals surface area contributed by atoms with E-state index in [1.165, 1.54) is 0 Å². The summed E-state index contributed by atoms with van der Waals surface area (Å²) in [5, 5.41) is 41.1. The lowest BCUT2D eigenvalue weighted by atomic mass is 10.2. The number of nitrogens with zero attached hydrogens (tertiary/aromatic N) is 1. The summed E-state index contributed by atoms with van der Waals surface area (Å²) in [7, 11) is 0. The molecule has 0 aromatic heterocycles. The van der Waals surface area contributed by atoms with E-state index < -0.39 is 36.0 Å². The maximum atomic E-state index is 10.2. The van der Waals surface area contributed by atoms with Crippen LogP contribution in [0, 0.1) is 0 Å². The molecule has 2 unspecified atom stereocenters. The fourth-order valence-electron chi connectivity index (χ4n) is 0.835. The number of carboxylic acids is 2. The Bertz CT molecular complexity index is 332. The van der Waals surface area contributed by atoms with Gasteiger partial charge >= 0.3 is 11.9 Å². The Labute approximate surface area is 99.6 Å². The first-order valence-corrected chi connectivity index (χ1v) is 4.55. The highest BCUT2D eigenvalue weighted by Gasteiger charge is 2.29. The van der Waals surface area contributed by atoms with Crippen molar-refractivity contribution in [3.8, 4) is 0 Å². The van der Waals surface area contributed by atoms with Crippen molar-refractivity contribution in [2.75, 3.05) is 0 Å². The van der Waals surface area contributed by atoms with Crippen LogP contribution in [0.15, 0.2) is 0 Å². The maximum absolute atomic E-state index is 10.2. The molecule has 0 radical (unpaired) electrons. The van der Waals surface area contributed by atoms with E-state index in [9.17, 15) is 19.2 Å². The molecule has 0 aromatic rings. The molecule has 1 saturated heterocycles. The van der Waals surface area contributed by atoms with E-state index in [1.807, 2.05) is 0 Å². The zero-order valence-electron chi connectivity index (χ0n) is 8.89. The second-order valence-electron chi connectivity index (χ2n) is 3.17. The van der Waals surface area contributed by atoms with Crippen LogP contribution in [-0.2, 0) is 19.2 Å². The first-order chi connectivity index (χ1) is 8.18. The number of hydroxylamine groups is 2. The van der Waals surface area contributed by atoms with Crippen LogP contribution in [0.4, 0.5) is 0 Å². The normalized spacial score (nSPS) is 17.8. The molecule has 1 aliphatic rings. The largest absolute Gasteiger partial charge is 0.479 e. The molecular weight excluding hydrogens is 254 g/mol. The van der Waals surface area contributed by atoms with Crippen molar-refractivity contribution in [3.05, 3.63) is 0 Å². The number of hydrogen-bond acceptors (Lipinski definition) is 7. The third kappa shape index (κ3) is 4.45. The average molecular weight is 265 g/mol. The van der Waals surface area contributed by atoms with Crippen LogP contribution in [-0.4, -0.2) is 66.7 Å².